The van der Waals surface area contributed by atoms with Crippen molar-refractivity contribution in [3.05, 3.63) is 29.8 Å². The number of amides is 3. The number of carbonyl (C=O) groups excluding carboxylic acids is 2. The first-order chi connectivity index (χ1) is 11.6. The van der Waals surface area contributed by atoms with E-state index in [-0.39, 0.29) is 24.1 Å². The van der Waals surface area contributed by atoms with Gasteiger partial charge in [-0.05, 0) is 43.9 Å². The van der Waals surface area contributed by atoms with Crippen molar-refractivity contribution in [1.82, 2.24) is 10.6 Å². The Morgan fingerprint density at radius 3 is 2.75 bits per heavy atom. The summed E-state index contributed by atoms with van der Waals surface area (Å²) in [5, 5.41) is 5.79. The standard InChI is InChI=1S/C18H25N3O3/c1-13(16-4-3-11-24-16)20-18(23)19-12-14-6-8-15(9-7-14)21-10-2-5-17(21)22/h6-9,13,16H,2-5,10-12H2,1H3,(H2,19,20,23). The topological polar surface area (TPSA) is 70.7 Å². The average molecular weight is 331 g/mol. The Hall–Kier alpha value is -2.08. The monoisotopic (exact) mass is 331 g/mol. The van der Waals surface area contributed by atoms with Gasteiger partial charge in [0.05, 0.1) is 12.1 Å². The lowest BCUT2D eigenvalue weighted by Gasteiger charge is -2.20. The highest BCUT2D eigenvalue weighted by molar-refractivity contribution is 5.95. The molecule has 24 heavy (non-hydrogen) atoms. The van der Waals surface area contributed by atoms with Crippen LogP contribution >= 0.6 is 0 Å². The highest BCUT2D eigenvalue weighted by Crippen LogP contribution is 2.21. The van der Waals surface area contributed by atoms with E-state index in [0.717, 1.165) is 43.7 Å². The van der Waals surface area contributed by atoms with Crippen LogP contribution in [0.4, 0.5) is 10.5 Å². The van der Waals surface area contributed by atoms with Gasteiger partial charge in [-0.3, -0.25) is 4.79 Å². The summed E-state index contributed by atoms with van der Waals surface area (Å²) < 4.78 is 5.57. The molecule has 2 N–H and O–H groups in total. The van der Waals surface area contributed by atoms with Crippen LogP contribution in [0.5, 0.6) is 0 Å². The molecule has 2 heterocycles. The van der Waals surface area contributed by atoms with Crippen LogP contribution in [0.2, 0.25) is 0 Å². The molecule has 130 valence electrons. The van der Waals surface area contributed by atoms with E-state index in [4.69, 9.17) is 4.74 Å². The molecule has 0 aliphatic carbocycles. The molecular weight excluding hydrogens is 306 g/mol. The third-order valence-corrected chi connectivity index (χ3v) is 4.66. The molecule has 3 amide bonds. The zero-order chi connectivity index (χ0) is 16.9. The number of hydrogen-bond acceptors (Lipinski definition) is 3. The number of hydrogen-bond donors (Lipinski definition) is 2. The average Bonchev–Trinajstić information content (AvgIpc) is 3.25. The van der Waals surface area contributed by atoms with Crippen LogP contribution in [-0.2, 0) is 16.1 Å². The van der Waals surface area contributed by atoms with Crippen molar-refractivity contribution < 1.29 is 14.3 Å². The summed E-state index contributed by atoms with van der Waals surface area (Å²) in [6.45, 7) is 4.00. The number of ether oxygens (including phenoxy) is 1. The molecule has 0 bridgehead atoms. The Bertz CT molecular complexity index is 582. The minimum Gasteiger partial charge on any atom is -0.376 e. The lowest BCUT2D eigenvalue weighted by Crippen LogP contribution is -2.45. The first kappa shape index (κ1) is 16.8. The lowest BCUT2D eigenvalue weighted by atomic mass is 10.1. The molecule has 2 aliphatic heterocycles. The Labute approximate surface area is 142 Å². The Balaban J connectivity index is 1.45. The largest absolute Gasteiger partial charge is 0.376 e. The van der Waals surface area contributed by atoms with Crippen LogP contribution in [0.15, 0.2) is 24.3 Å². The maximum absolute atomic E-state index is 12.0. The zero-order valence-electron chi connectivity index (χ0n) is 14.1. The number of nitrogens with one attached hydrogen (secondary N) is 2. The van der Waals surface area contributed by atoms with Gasteiger partial charge in [-0.1, -0.05) is 12.1 Å². The van der Waals surface area contributed by atoms with Crippen molar-refractivity contribution in [3.8, 4) is 0 Å². The Morgan fingerprint density at radius 1 is 1.33 bits per heavy atom. The number of benzene rings is 1. The number of nitrogens with zero attached hydrogens (tertiary/aromatic N) is 1. The second-order valence-electron chi connectivity index (χ2n) is 6.48. The van der Waals surface area contributed by atoms with Gasteiger partial charge < -0.3 is 20.3 Å². The quantitative estimate of drug-likeness (QED) is 0.869. The van der Waals surface area contributed by atoms with E-state index in [1.54, 1.807) is 0 Å². The summed E-state index contributed by atoms with van der Waals surface area (Å²) in [6.07, 6.45) is 3.73. The molecular formula is C18H25N3O3. The van der Waals surface area contributed by atoms with Crippen LogP contribution < -0.4 is 15.5 Å². The normalized spacial score (nSPS) is 21.8. The maximum atomic E-state index is 12.0. The van der Waals surface area contributed by atoms with E-state index >= 15 is 0 Å². The molecule has 6 nitrogen and oxygen atoms in total. The molecule has 0 saturated carbocycles. The summed E-state index contributed by atoms with van der Waals surface area (Å²) in [5.74, 6) is 0.184. The second-order valence-corrected chi connectivity index (χ2v) is 6.48. The van der Waals surface area contributed by atoms with Gasteiger partial charge in [-0.15, -0.1) is 0 Å². The first-order valence-corrected chi connectivity index (χ1v) is 8.69. The van der Waals surface area contributed by atoms with Gasteiger partial charge in [0.15, 0.2) is 0 Å². The molecule has 6 heteroatoms. The lowest BCUT2D eigenvalue weighted by molar-refractivity contribution is -0.117. The third-order valence-electron chi connectivity index (χ3n) is 4.66. The van der Waals surface area contributed by atoms with Crippen LogP contribution in [0.3, 0.4) is 0 Å². The molecule has 2 atom stereocenters. The van der Waals surface area contributed by atoms with Crippen LogP contribution in [-0.4, -0.2) is 37.2 Å². The van der Waals surface area contributed by atoms with Crippen LogP contribution in [0.25, 0.3) is 0 Å². The van der Waals surface area contributed by atoms with Crippen molar-refractivity contribution in [2.45, 2.75) is 51.3 Å². The molecule has 1 aromatic rings. The Morgan fingerprint density at radius 2 is 2.12 bits per heavy atom. The highest BCUT2D eigenvalue weighted by atomic mass is 16.5. The fourth-order valence-electron chi connectivity index (χ4n) is 3.24. The molecule has 3 rings (SSSR count). The smallest absolute Gasteiger partial charge is 0.315 e. The minimum atomic E-state index is -0.184. The molecule has 2 saturated heterocycles. The molecule has 1 aromatic carbocycles. The van der Waals surface area contributed by atoms with Crippen molar-refractivity contribution >= 4 is 17.6 Å². The van der Waals surface area contributed by atoms with Crippen molar-refractivity contribution in [3.63, 3.8) is 0 Å². The Kier molecular flexibility index (Phi) is 5.35. The summed E-state index contributed by atoms with van der Waals surface area (Å²) in [5.41, 5.74) is 1.93. The van der Waals surface area contributed by atoms with Gasteiger partial charge in [-0.2, -0.15) is 0 Å². The SMILES string of the molecule is CC(NC(=O)NCc1ccc(N2CCCC2=O)cc1)C1CCCO1. The molecule has 0 radical (unpaired) electrons. The predicted molar refractivity (Wildman–Crippen MR) is 91.8 cm³/mol. The van der Waals surface area contributed by atoms with Gasteiger partial charge in [0.25, 0.3) is 0 Å². The predicted octanol–water partition coefficient (Wildman–Crippen LogP) is 2.18. The van der Waals surface area contributed by atoms with E-state index in [2.05, 4.69) is 10.6 Å². The number of rotatable bonds is 5. The fourth-order valence-corrected chi connectivity index (χ4v) is 3.24. The van der Waals surface area contributed by atoms with E-state index < -0.39 is 0 Å². The van der Waals surface area contributed by atoms with Gasteiger partial charge in [0, 0.05) is 31.8 Å². The number of carbonyl (C=O) groups is 2. The van der Waals surface area contributed by atoms with Crippen LogP contribution in [0, 0.1) is 0 Å². The molecule has 0 aromatic heterocycles. The summed E-state index contributed by atoms with van der Waals surface area (Å²) >= 11 is 0. The van der Waals surface area contributed by atoms with Crippen LogP contribution in [0.1, 0.15) is 38.2 Å². The summed E-state index contributed by atoms with van der Waals surface area (Å²) in [4.78, 5) is 25.5. The minimum absolute atomic E-state index is 0.0102. The zero-order valence-corrected chi connectivity index (χ0v) is 14.1. The van der Waals surface area contributed by atoms with E-state index in [1.165, 1.54) is 0 Å². The highest BCUT2D eigenvalue weighted by Gasteiger charge is 2.23. The molecule has 0 spiro atoms. The molecule has 2 unspecified atom stereocenters. The molecule has 2 fully saturated rings. The van der Waals surface area contributed by atoms with E-state index in [1.807, 2.05) is 36.1 Å². The number of urea groups is 1. The van der Waals surface area contributed by atoms with Crippen molar-refractivity contribution in [2.24, 2.45) is 0 Å². The third kappa shape index (κ3) is 4.06. The maximum Gasteiger partial charge on any atom is 0.315 e. The summed E-state index contributed by atoms with van der Waals surface area (Å²) in [7, 11) is 0. The van der Waals surface area contributed by atoms with E-state index in [9.17, 15) is 9.59 Å². The van der Waals surface area contributed by atoms with Gasteiger partial charge in [0.2, 0.25) is 5.91 Å². The van der Waals surface area contributed by atoms with Crippen molar-refractivity contribution in [2.75, 3.05) is 18.1 Å². The molecule has 2 aliphatic rings. The van der Waals surface area contributed by atoms with Gasteiger partial charge >= 0.3 is 6.03 Å². The van der Waals surface area contributed by atoms with E-state index in [0.29, 0.717) is 13.0 Å². The van der Waals surface area contributed by atoms with Crippen molar-refractivity contribution in [1.29, 1.82) is 0 Å². The second kappa shape index (κ2) is 7.66. The summed E-state index contributed by atoms with van der Waals surface area (Å²) in [6, 6.07) is 7.60. The van der Waals surface area contributed by atoms with Gasteiger partial charge in [-0.25, -0.2) is 4.79 Å². The first-order valence-electron chi connectivity index (χ1n) is 8.69. The van der Waals surface area contributed by atoms with Gasteiger partial charge in [0.1, 0.15) is 0 Å². The number of anilines is 1. The fraction of sp³-hybridized carbons (Fsp3) is 0.556.